The fraction of sp³-hybridized carbons (Fsp3) is 0.600. The van der Waals surface area contributed by atoms with Crippen molar-refractivity contribution in [2.75, 3.05) is 6.61 Å². The SMILES string of the molecule is CCCC#CC(=O)C[C@@H]1COC(=O)N1. The van der Waals surface area contributed by atoms with Crippen LogP contribution in [0.25, 0.3) is 0 Å². The van der Waals surface area contributed by atoms with Gasteiger partial charge in [0.05, 0.1) is 6.04 Å². The van der Waals surface area contributed by atoms with Crippen LogP contribution in [-0.4, -0.2) is 24.5 Å². The summed E-state index contributed by atoms with van der Waals surface area (Å²) in [5.41, 5.74) is 0. The summed E-state index contributed by atoms with van der Waals surface area (Å²) >= 11 is 0. The Morgan fingerprint density at radius 1 is 1.71 bits per heavy atom. The van der Waals surface area contributed by atoms with E-state index in [1.54, 1.807) is 0 Å². The summed E-state index contributed by atoms with van der Waals surface area (Å²) < 4.78 is 4.64. The van der Waals surface area contributed by atoms with Crippen LogP contribution in [-0.2, 0) is 9.53 Å². The minimum atomic E-state index is -0.454. The Balaban J connectivity index is 2.28. The average Bonchev–Trinajstić information content (AvgIpc) is 2.52. The van der Waals surface area contributed by atoms with Gasteiger partial charge in [0.1, 0.15) is 6.61 Å². The number of cyclic esters (lactones) is 1. The number of unbranched alkanes of at least 4 members (excludes halogenated alkanes) is 1. The summed E-state index contributed by atoms with van der Waals surface area (Å²) in [5.74, 6) is 5.15. The summed E-state index contributed by atoms with van der Waals surface area (Å²) in [5, 5.41) is 2.53. The van der Waals surface area contributed by atoms with Crippen molar-refractivity contribution >= 4 is 11.9 Å². The van der Waals surface area contributed by atoms with Crippen molar-refractivity contribution in [3.63, 3.8) is 0 Å². The summed E-state index contributed by atoms with van der Waals surface area (Å²) in [6.45, 7) is 2.27. The molecule has 0 aromatic carbocycles. The Labute approximate surface area is 83.0 Å². The Bertz CT molecular complexity index is 287. The molecule has 4 nitrogen and oxygen atoms in total. The summed E-state index contributed by atoms with van der Waals surface area (Å²) in [6.07, 6.45) is 1.47. The number of Topliss-reactive ketones (excluding diaryl/α,β-unsaturated/α-hetero) is 1. The lowest BCUT2D eigenvalue weighted by Gasteiger charge is -2.00. The van der Waals surface area contributed by atoms with Gasteiger partial charge in [-0.2, -0.15) is 0 Å². The van der Waals surface area contributed by atoms with Crippen LogP contribution in [0, 0.1) is 11.8 Å². The van der Waals surface area contributed by atoms with Gasteiger partial charge in [-0.25, -0.2) is 4.79 Å². The van der Waals surface area contributed by atoms with Crippen LogP contribution < -0.4 is 5.32 Å². The lowest BCUT2D eigenvalue weighted by atomic mass is 10.1. The predicted molar refractivity (Wildman–Crippen MR) is 50.6 cm³/mol. The Morgan fingerprint density at radius 3 is 3.07 bits per heavy atom. The first-order chi connectivity index (χ1) is 6.72. The van der Waals surface area contributed by atoms with Crippen LogP contribution in [0.1, 0.15) is 26.2 Å². The van der Waals surface area contributed by atoms with Gasteiger partial charge in [-0.3, -0.25) is 4.79 Å². The van der Waals surface area contributed by atoms with E-state index in [0.717, 1.165) is 12.8 Å². The van der Waals surface area contributed by atoms with E-state index in [1.807, 2.05) is 6.92 Å². The third-order valence-corrected chi connectivity index (χ3v) is 1.77. The second-order valence-electron chi connectivity index (χ2n) is 3.12. The maximum atomic E-state index is 11.2. The molecule has 1 saturated heterocycles. The number of amides is 1. The Kier molecular flexibility index (Phi) is 3.99. The van der Waals surface area contributed by atoms with Crippen LogP contribution in [0.15, 0.2) is 0 Å². The van der Waals surface area contributed by atoms with Crippen molar-refractivity contribution in [1.82, 2.24) is 5.32 Å². The highest BCUT2D eigenvalue weighted by Gasteiger charge is 2.23. The molecule has 0 spiro atoms. The largest absolute Gasteiger partial charge is 0.447 e. The summed E-state index contributed by atoms with van der Waals surface area (Å²) in [6, 6.07) is -0.203. The molecule has 1 rings (SSSR count). The van der Waals surface area contributed by atoms with Crippen LogP contribution in [0.4, 0.5) is 4.79 Å². The van der Waals surface area contributed by atoms with E-state index >= 15 is 0 Å². The molecule has 0 bridgehead atoms. The second-order valence-corrected chi connectivity index (χ2v) is 3.12. The minimum Gasteiger partial charge on any atom is -0.447 e. The topological polar surface area (TPSA) is 55.4 Å². The fourth-order valence-corrected chi connectivity index (χ4v) is 1.10. The highest BCUT2D eigenvalue weighted by atomic mass is 16.6. The minimum absolute atomic E-state index is 0.144. The molecule has 0 radical (unpaired) electrons. The van der Waals surface area contributed by atoms with E-state index in [1.165, 1.54) is 0 Å². The van der Waals surface area contributed by atoms with E-state index in [9.17, 15) is 9.59 Å². The van der Waals surface area contributed by atoms with Gasteiger partial charge in [0.15, 0.2) is 0 Å². The monoisotopic (exact) mass is 195 g/mol. The highest BCUT2D eigenvalue weighted by molar-refractivity contribution is 5.96. The van der Waals surface area contributed by atoms with E-state index in [4.69, 9.17) is 0 Å². The number of ketones is 1. The number of rotatable bonds is 3. The number of nitrogens with one attached hydrogen (secondary N) is 1. The molecular formula is C10H13NO3. The number of alkyl carbamates (subject to hydrolysis) is 1. The maximum absolute atomic E-state index is 11.2. The number of carbonyl (C=O) groups excluding carboxylic acids is 2. The molecule has 1 atom stereocenters. The van der Waals surface area contributed by atoms with Crippen molar-refractivity contribution in [2.45, 2.75) is 32.2 Å². The number of ether oxygens (including phenoxy) is 1. The van der Waals surface area contributed by atoms with Crippen molar-refractivity contribution < 1.29 is 14.3 Å². The van der Waals surface area contributed by atoms with Crippen LogP contribution in [0.3, 0.4) is 0 Å². The first kappa shape index (κ1) is 10.6. The molecule has 76 valence electrons. The van der Waals surface area contributed by atoms with E-state index < -0.39 is 6.09 Å². The zero-order valence-corrected chi connectivity index (χ0v) is 8.13. The fourth-order valence-electron chi connectivity index (χ4n) is 1.10. The van der Waals surface area contributed by atoms with Gasteiger partial charge in [-0.1, -0.05) is 12.8 Å². The van der Waals surface area contributed by atoms with Crippen molar-refractivity contribution in [3.8, 4) is 11.8 Å². The van der Waals surface area contributed by atoms with E-state index in [0.29, 0.717) is 0 Å². The molecule has 1 N–H and O–H groups in total. The molecule has 14 heavy (non-hydrogen) atoms. The van der Waals surface area contributed by atoms with Gasteiger partial charge in [0, 0.05) is 12.8 Å². The normalized spacial score (nSPS) is 19.2. The quantitative estimate of drug-likeness (QED) is 0.536. The first-order valence-electron chi connectivity index (χ1n) is 4.67. The molecule has 0 unspecified atom stereocenters. The van der Waals surface area contributed by atoms with Crippen molar-refractivity contribution in [3.05, 3.63) is 0 Å². The third-order valence-electron chi connectivity index (χ3n) is 1.77. The lowest BCUT2D eigenvalue weighted by molar-refractivity contribution is -0.114. The standard InChI is InChI=1S/C10H13NO3/c1-2-3-4-5-9(12)6-8-7-14-10(13)11-8/h8H,2-3,6-7H2,1H3,(H,11,13)/t8-/m1/s1. The molecule has 0 saturated carbocycles. The summed E-state index contributed by atoms with van der Waals surface area (Å²) in [4.78, 5) is 21.8. The maximum Gasteiger partial charge on any atom is 0.407 e. The predicted octanol–water partition coefficient (Wildman–Crippen LogP) is 0.857. The van der Waals surface area contributed by atoms with Crippen LogP contribution in [0.5, 0.6) is 0 Å². The molecule has 0 aliphatic carbocycles. The highest BCUT2D eigenvalue weighted by Crippen LogP contribution is 2.02. The lowest BCUT2D eigenvalue weighted by Crippen LogP contribution is -2.28. The van der Waals surface area contributed by atoms with E-state index in [2.05, 4.69) is 21.9 Å². The average molecular weight is 195 g/mol. The van der Waals surface area contributed by atoms with Gasteiger partial charge < -0.3 is 10.1 Å². The van der Waals surface area contributed by atoms with Gasteiger partial charge >= 0.3 is 6.09 Å². The van der Waals surface area contributed by atoms with Gasteiger partial charge in [0.2, 0.25) is 5.78 Å². The van der Waals surface area contributed by atoms with E-state index in [-0.39, 0.29) is 24.9 Å². The molecule has 1 aliphatic heterocycles. The molecule has 0 aromatic heterocycles. The molecule has 1 amide bonds. The smallest absolute Gasteiger partial charge is 0.407 e. The van der Waals surface area contributed by atoms with Gasteiger partial charge in [-0.15, -0.1) is 0 Å². The molecular weight excluding hydrogens is 182 g/mol. The molecule has 1 fully saturated rings. The number of hydrogen-bond acceptors (Lipinski definition) is 3. The first-order valence-corrected chi connectivity index (χ1v) is 4.67. The van der Waals surface area contributed by atoms with Crippen LogP contribution in [0.2, 0.25) is 0 Å². The Hall–Kier alpha value is -1.50. The zero-order valence-electron chi connectivity index (χ0n) is 8.13. The van der Waals surface area contributed by atoms with Crippen LogP contribution >= 0.6 is 0 Å². The van der Waals surface area contributed by atoms with Crippen molar-refractivity contribution in [2.24, 2.45) is 0 Å². The second kappa shape index (κ2) is 5.28. The number of carbonyl (C=O) groups is 2. The zero-order chi connectivity index (χ0) is 10.4. The molecule has 4 heteroatoms. The van der Waals surface area contributed by atoms with Crippen molar-refractivity contribution in [1.29, 1.82) is 0 Å². The Morgan fingerprint density at radius 2 is 2.50 bits per heavy atom. The summed E-state index contributed by atoms with van der Waals surface area (Å²) in [7, 11) is 0. The van der Waals surface area contributed by atoms with Gasteiger partial charge in [-0.05, 0) is 12.3 Å². The molecule has 0 aromatic rings. The van der Waals surface area contributed by atoms with Gasteiger partial charge in [0.25, 0.3) is 0 Å². The molecule has 1 aliphatic rings. The number of hydrogen-bond donors (Lipinski definition) is 1. The third kappa shape index (κ3) is 3.48. The molecule has 1 heterocycles.